The molecule has 2 aromatic rings. The highest BCUT2D eigenvalue weighted by molar-refractivity contribution is 5.49. The highest BCUT2D eigenvalue weighted by Crippen LogP contribution is 2.17. The Hall–Kier alpha value is -2.03. The number of aryl methyl sites for hydroxylation is 1. The average Bonchev–Trinajstić information content (AvgIpc) is 2.51. The van der Waals surface area contributed by atoms with Gasteiger partial charge in [-0.3, -0.25) is 0 Å². The molecular weight excluding hydrogens is 263 g/mol. The third kappa shape index (κ3) is 3.97. The summed E-state index contributed by atoms with van der Waals surface area (Å²) in [5.74, 6) is -0.170. The van der Waals surface area contributed by atoms with E-state index in [0.29, 0.717) is 12.1 Å². The number of hydrogen-bond acceptors (Lipinski definition) is 2. The molecule has 0 bridgehead atoms. The third-order valence-corrected chi connectivity index (χ3v) is 3.73. The van der Waals surface area contributed by atoms with Crippen LogP contribution in [-0.4, -0.2) is 13.1 Å². The van der Waals surface area contributed by atoms with Gasteiger partial charge >= 0.3 is 0 Å². The number of nitrogens with zero attached hydrogens (tertiary/aromatic N) is 1. The van der Waals surface area contributed by atoms with Gasteiger partial charge in [0.1, 0.15) is 5.82 Å². The molecule has 0 aromatic heterocycles. The number of nitrogens with one attached hydrogen (secondary N) is 1. The lowest BCUT2D eigenvalue weighted by Gasteiger charge is -2.21. The van der Waals surface area contributed by atoms with Crippen molar-refractivity contribution in [1.82, 2.24) is 0 Å². The highest BCUT2D eigenvalue weighted by atomic mass is 19.1. The molecule has 0 amide bonds. The second kappa shape index (κ2) is 7.11. The van der Waals surface area contributed by atoms with Crippen molar-refractivity contribution in [2.45, 2.75) is 27.3 Å². The van der Waals surface area contributed by atoms with Crippen molar-refractivity contribution in [3.05, 3.63) is 59.4 Å². The van der Waals surface area contributed by atoms with Crippen molar-refractivity contribution in [2.75, 3.05) is 23.3 Å². The summed E-state index contributed by atoms with van der Waals surface area (Å²) in [6, 6.07) is 13.7. The molecule has 0 atom stereocenters. The maximum Gasteiger partial charge on any atom is 0.128 e. The molecule has 2 aromatic carbocycles. The van der Waals surface area contributed by atoms with Crippen molar-refractivity contribution in [2.24, 2.45) is 0 Å². The van der Waals surface area contributed by atoms with Gasteiger partial charge in [-0.2, -0.15) is 0 Å². The molecule has 0 saturated carbocycles. The van der Waals surface area contributed by atoms with Crippen molar-refractivity contribution >= 4 is 11.4 Å². The Bertz CT molecular complexity index is 574. The van der Waals surface area contributed by atoms with Crippen molar-refractivity contribution in [1.29, 1.82) is 0 Å². The van der Waals surface area contributed by atoms with Crippen molar-refractivity contribution in [3.8, 4) is 0 Å². The first kappa shape index (κ1) is 15.4. The molecule has 0 aliphatic carbocycles. The number of anilines is 2. The molecule has 0 heterocycles. The predicted molar refractivity (Wildman–Crippen MR) is 88.5 cm³/mol. The van der Waals surface area contributed by atoms with Crippen LogP contribution >= 0.6 is 0 Å². The predicted octanol–water partition coefficient (Wildman–Crippen LogP) is 4.59. The summed E-state index contributed by atoms with van der Waals surface area (Å²) >= 11 is 0. The lowest BCUT2D eigenvalue weighted by Crippen LogP contribution is -2.21. The minimum atomic E-state index is -0.170. The van der Waals surface area contributed by atoms with E-state index in [9.17, 15) is 4.39 Å². The normalized spacial score (nSPS) is 10.5. The van der Waals surface area contributed by atoms with Gasteiger partial charge in [0.15, 0.2) is 0 Å². The molecule has 0 spiro atoms. The SMILES string of the molecule is CCN(CC)c1ccc(CNc2ccc(C)c(F)c2)cc1. The van der Waals surface area contributed by atoms with Gasteiger partial charge in [-0.05, 0) is 56.2 Å². The summed E-state index contributed by atoms with van der Waals surface area (Å²) in [6.45, 7) is 8.80. The van der Waals surface area contributed by atoms with E-state index in [0.717, 1.165) is 18.8 Å². The van der Waals surface area contributed by atoms with Crippen LogP contribution in [0, 0.1) is 12.7 Å². The molecule has 2 nitrogen and oxygen atoms in total. The molecule has 0 fully saturated rings. The fraction of sp³-hybridized carbons (Fsp3) is 0.333. The topological polar surface area (TPSA) is 15.3 Å². The van der Waals surface area contributed by atoms with Crippen LogP contribution in [0.1, 0.15) is 25.0 Å². The van der Waals surface area contributed by atoms with Crippen molar-refractivity contribution < 1.29 is 4.39 Å². The molecule has 112 valence electrons. The Labute approximate surface area is 126 Å². The molecule has 0 radical (unpaired) electrons. The van der Waals surface area contributed by atoms with E-state index in [1.807, 2.05) is 6.07 Å². The second-order valence-corrected chi connectivity index (χ2v) is 5.16. The van der Waals surface area contributed by atoms with Crippen LogP contribution in [0.3, 0.4) is 0 Å². The second-order valence-electron chi connectivity index (χ2n) is 5.16. The minimum absolute atomic E-state index is 0.170. The van der Waals surface area contributed by atoms with Gasteiger partial charge in [0.25, 0.3) is 0 Å². The van der Waals surface area contributed by atoms with Crippen LogP contribution in [0.5, 0.6) is 0 Å². The number of rotatable bonds is 6. The summed E-state index contributed by atoms with van der Waals surface area (Å²) in [5.41, 5.74) is 3.91. The van der Waals surface area contributed by atoms with Gasteiger partial charge in [-0.25, -0.2) is 4.39 Å². The molecular formula is C18H23FN2. The standard InChI is InChI=1S/C18H23FN2/c1-4-21(5-2)17-10-7-15(8-11-17)13-20-16-9-6-14(3)18(19)12-16/h6-12,20H,4-5,13H2,1-3H3. The number of halogens is 1. The van der Waals surface area contributed by atoms with Crippen LogP contribution in [0.2, 0.25) is 0 Å². The Morgan fingerprint density at radius 2 is 1.67 bits per heavy atom. The lowest BCUT2D eigenvalue weighted by molar-refractivity contribution is 0.619. The fourth-order valence-electron chi connectivity index (χ4n) is 2.32. The summed E-state index contributed by atoms with van der Waals surface area (Å²) < 4.78 is 13.5. The minimum Gasteiger partial charge on any atom is -0.381 e. The largest absolute Gasteiger partial charge is 0.381 e. The maximum absolute atomic E-state index is 13.5. The zero-order valence-corrected chi connectivity index (χ0v) is 13.0. The summed E-state index contributed by atoms with van der Waals surface area (Å²) in [7, 11) is 0. The molecule has 2 rings (SSSR count). The van der Waals surface area contributed by atoms with Crippen LogP contribution < -0.4 is 10.2 Å². The van der Waals surface area contributed by atoms with E-state index >= 15 is 0 Å². The average molecular weight is 286 g/mol. The van der Waals surface area contributed by atoms with Crippen LogP contribution in [-0.2, 0) is 6.54 Å². The summed E-state index contributed by atoms with van der Waals surface area (Å²) in [4.78, 5) is 2.31. The number of benzene rings is 2. The quantitative estimate of drug-likeness (QED) is 0.835. The molecule has 0 aliphatic heterocycles. The lowest BCUT2D eigenvalue weighted by atomic mass is 10.1. The Balaban J connectivity index is 1.98. The Morgan fingerprint density at radius 3 is 2.24 bits per heavy atom. The molecule has 3 heteroatoms. The molecule has 0 aliphatic rings. The van der Waals surface area contributed by atoms with E-state index in [1.165, 1.54) is 11.3 Å². The van der Waals surface area contributed by atoms with Crippen molar-refractivity contribution in [3.63, 3.8) is 0 Å². The highest BCUT2D eigenvalue weighted by Gasteiger charge is 2.02. The molecule has 1 N–H and O–H groups in total. The molecule has 0 unspecified atom stereocenters. The van der Waals surface area contributed by atoms with Gasteiger partial charge in [0.05, 0.1) is 0 Å². The van der Waals surface area contributed by atoms with E-state index < -0.39 is 0 Å². The van der Waals surface area contributed by atoms with Crippen LogP contribution in [0.25, 0.3) is 0 Å². The smallest absolute Gasteiger partial charge is 0.128 e. The van der Waals surface area contributed by atoms with Gasteiger partial charge < -0.3 is 10.2 Å². The zero-order valence-electron chi connectivity index (χ0n) is 13.0. The van der Waals surface area contributed by atoms with Gasteiger partial charge in [0.2, 0.25) is 0 Å². The van der Waals surface area contributed by atoms with E-state index in [1.54, 1.807) is 19.1 Å². The first-order valence-corrected chi connectivity index (χ1v) is 7.48. The number of hydrogen-bond donors (Lipinski definition) is 1. The van der Waals surface area contributed by atoms with Crippen LogP contribution in [0.4, 0.5) is 15.8 Å². The maximum atomic E-state index is 13.5. The monoisotopic (exact) mass is 286 g/mol. The first-order chi connectivity index (χ1) is 10.1. The van der Waals surface area contributed by atoms with Gasteiger partial charge in [-0.1, -0.05) is 18.2 Å². The van der Waals surface area contributed by atoms with E-state index in [2.05, 4.69) is 48.3 Å². The molecule has 0 saturated heterocycles. The summed E-state index contributed by atoms with van der Waals surface area (Å²) in [5, 5.41) is 3.25. The van der Waals surface area contributed by atoms with E-state index in [4.69, 9.17) is 0 Å². The third-order valence-electron chi connectivity index (χ3n) is 3.73. The van der Waals surface area contributed by atoms with Gasteiger partial charge in [-0.15, -0.1) is 0 Å². The zero-order chi connectivity index (χ0) is 15.2. The fourth-order valence-corrected chi connectivity index (χ4v) is 2.32. The van der Waals surface area contributed by atoms with Gasteiger partial charge in [0, 0.05) is 31.0 Å². The Morgan fingerprint density at radius 1 is 1.00 bits per heavy atom. The molecule has 21 heavy (non-hydrogen) atoms. The summed E-state index contributed by atoms with van der Waals surface area (Å²) in [6.07, 6.45) is 0. The van der Waals surface area contributed by atoms with E-state index in [-0.39, 0.29) is 5.82 Å². The van der Waals surface area contributed by atoms with Crippen LogP contribution in [0.15, 0.2) is 42.5 Å². The first-order valence-electron chi connectivity index (χ1n) is 7.48. The Kier molecular flexibility index (Phi) is 5.20.